The zero-order valence-corrected chi connectivity index (χ0v) is 80.0. The number of hydrogen-bond acceptors (Lipinski definition) is 3. The van der Waals surface area contributed by atoms with Crippen molar-refractivity contribution >= 4 is 78.4 Å². The smallest absolute Gasteiger partial charge is 0.416 e. The molecule has 0 spiro atoms. The molecule has 1 N–H and O–H groups in total. The molecule has 23 heteroatoms. The van der Waals surface area contributed by atoms with E-state index >= 15 is 0 Å². The zero-order valence-electron chi connectivity index (χ0n) is 70.2. The van der Waals surface area contributed by atoms with Gasteiger partial charge in [0, 0.05) is 44.4 Å². The van der Waals surface area contributed by atoms with Gasteiger partial charge in [0.1, 0.15) is 23.1 Å². The molecule has 0 radical (unpaired) electrons. The van der Waals surface area contributed by atoms with Crippen LogP contribution in [0.5, 0.6) is 11.5 Å². The van der Waals surface area contributed by atoms with Crippen molar-refractivity contribution in [1.82, 2.24) is 0 Å². The summed E-state index contributed by atoms with van der Waals surface area (Å²) in [4.78, 5) is 11.3. The Bertz CT molecular complexity index is 5700. The van der Waals surface area contributed by atoms with E-state index in [9.17, 15) is 53.4 Å². The van der Waals surface area contributed by atoms with Crippen LogP contribution < -0.4 is 51.9 Å². The molecule has 0 saturated heterocycles. The maximum atomic E-state index is 13.6. The lowest BCUT2D eigenvalue weighted by Crippen LogP contribution is -3.61. The van der Waals surface area contributed by atoms with Crippen LogP contribution in [0.4, 0.5) is 48.3 Å². The van der Waals surface area contributed by atoms with E-state index in [2.05, 4.69) is 224 Å². The summed E-state index contributed by atoms with van der Waals surface area (Å²) in [6.45, 7) is 6.48. The molecule has 1 unspecified atom stereocenters. The number of benzene rings is 16. The zero-order chi connectivity index (χ0) is 92.2. The second-order valence-corrected chi connectivity index (χ2v) is 43.7. The molecule has 0 amide bonds. The van der Waals surface area contributed by atoms with Crippen LogP contribution in [-0.2, 0) is 68.7 Å². The van der Waals surface area contributed by atoms with Gasteiger partial charge in [-0.2, -0.15) is 39.5 Å². The fraction of sp³-hybridized carbons (Fsp3) is 0.0943. The van der Waals surface area contributed by atoms with Crippen molar-refractivity contribution in [2.24, 2.45) is 0 Å². The fourth-order valence-corrected chi connectivity index (χ4v) is 26.4. The van der Waals surface area contributed by atoms with Gasteiger partial charge in [0.2, 0.25) is 0 Å². The number of aliphatic hydroxyl groups is 1. The Labute approximate surface area is 793 Å². The van der Waals surface area contributed by atoms with Gasteiger partial charge in [0.25, 0.3) is 0 Å². The summed E-state index contributed by atoms with van der Waals surface area (Å²) >= 11 is 17.8. The lowest BCUT2D eigenvalue weighted by molar-refractivity contribution is -0.597. The molecule has 658 valence electrons. The normalized spacial score (nSPS) is 11.4. The van der Waals surface area contributed by atoms with Crippen molar-refractivity contribution in [2.45, 2.75) is 112 Å². The van der Waals surface area contributed by atoms with Crippen LogP contribution in [0.15, 0.2) is 453 Å². The van der Waals surface area contributed by atoms with Gasteiger partial charge in [0.05, 0.1) is 81.1 Å². The molecule has 0 fully saturated rings. The number of aliphatic hydroxyl groups excluding tert-OH is 1. The molecule has 16 aromatic rings. The van der Waals surface area contributed by atoms with Gasteiger partial charge in [-0.3, -0.25) is 0 Å². The van der Waals surface area contributed by atoms with Crippen LogP contribution in [0.3, 0.4) is 0 Å². The van der Waals surface area contributed by atoms with Crippen molar-refractivity contribution in [3.05, 3.63) is 480 Å². The highest BCUT2D eigenvalue weighted by atomic mass is 127. The van der Waals surface area contributed by atoms with E-state index in [1.165, 1.54) is 88.5 Å². The van der Waals surface area contributed by atoms with E-state index in [-0.39, 0.29) is 115 Å². The predicted octanol–water partition coefficient (Wildman–Crippen LogP) is 24.8. The van der Waals surface area contributed by atoms with Crippen LogP contribution in [0.25, 0.3) is 0 Å². The van der Waals surface area contributed by atoms with Crippen molar-refractivity contribution < 1.29 is 105 Å². The molecule has 1 atom stereocenters. The van der Waals surface area contributed by atoms with Crippen LogP contribution in [0.1, 0.15) is 44.5 Å². The minimum atomic E-state index is -5.09. The van der Waals surface area contributed by atoms with Crippen LogP contribution in [0.2, 0.25) is 15.1 Å². The molecule has 0 aliphatic rings. The quantitative estimate of drug-likeness (QED) is 0.0498. The second kappa shape index (κ2) is 48.3. The summed E-state index contributed by atoms with van der Waals surface area (Å²) in [7, 11) is 1.19. The van der Waals surface area contributed by atoms with Gasteiger partial charge in [0.15, 0.2) is 73.0 Å². The van der Waals surface area contributed by atoms with E-state index in [0.29, 0.717) is 28.2 Å². The van der Waals surface area contributed by atoms with E-state index < -0.39 is 46.1 Å². The Morgan fingerprint density at radius 1 is 0.271 bits per heavy atom. The summed E-state index contributed by atoms with van der Waals surface area (Å²) in [5.41, 5.74) is -1.09. The number of rotatable bonds is 19. The molecule has 0 bridgehead atoms. The van der Waals surface area contributed by atoms with Gasteiger partial charge in [-0.05, 0) is 300 Å². The fourth-order valence-electron chi connectivity index (χ4n) is 12.9. The Hall–Kier alpha value is -9.96. The van der Waals surface area contributed by atoms with Crippen molar-refractivity contribution in [3.63, 3.8) is 0 Å². The third-order valence-corrected chi connectivity index (χ3v) is 34.0. The minimum Gasteiger partial charge on any atom is -0.497 e. The first-order chi connectivity index (χ1) is 61.9. The summed E-state index contributed by atoms with van der Waals surface area (Å²) in [6.07, 6.45) is -14.9. The standard InChI is InChI=1S/C25H20F9S.C21H21O3S.C18H12Cl3S.C18H15S.C12H8F2I.C12H10I/c1-13-5-15(3)22(16(4)6-13)35(20-8-14(2)7-17(10-20)23(26,27)28)21-11-18(24(29,30)31)9-19(12-21)25(32,33)34;1-23-17-5-11-20(12-6-17)25(19-9-3-16(15-22)4-10-19)21-13-7-18(24-2)8-14-21;19-13-1-7-16(8-2-13)22(17-9-3-14(20)4-10-17)18-11-5-15(21)6-12-18;1-4-10-16(11-5-1)19(17-12-6-2-7-13-17)18-14-8-3-9-15-18;13-9-1-5-11(6-2-9)15-12-7-3-10(14)4-8-12;1-3-7-11(8-4-1)13-12-9-5-2-6-10-12/h5-12H,1-4H3;3-14,22H,15H2,1-2H3;1-12H;1-15H;1-8H;1-10H/q6*+1. The highest BCUT2D eigenvalue weighted by Gasteiger charge is 2.44. The number of halogens is 16. The molecule has 0 aromatic heterocycles. The van der Waals surface area contributed by atoms with Crippen molar-refractivity contribution in [1.29, 1.82) is 0 Å². The monoisotopic (exact) mass is 2100 g/mol. The molecular weight excluding hydrogens is 2020 g/mol. The maximum Gasteiger partial charge on any atom is 0.416 e. The molecule has 0 aliphatic carbocycles. The van der Waals surface area contributed by atoms with Gasteiger partial charge in [-0.25, -0.2) is 8.78 Å². The summed E-state index contributed by atoms with van der Waals surface area (Å²) < 4.78 is 163. The van der Waals surface area contributed by atoms with Gasteiger partial charge < -0.3 is 14.6 Å². The minimum absolute atomic E-state index is 0.0112. The van der Waals surface area contributed by atoms with E-state index in [4.69, 9.17) is 44.3 Å². The highest BCUT2D eigenvalue weighted by Crippen LogP contribution is 2.45. The number of alkyl halides is 9. The Morgan fingerprint density at radius 3 is 0.806 bits per heavy atom. The topological polar surface area (TPSA) is 38.7 Å². The molecule has 129 heavy (non-hydrogen) atoms. The third-order valence-electron chi connectivity index (χ3n) is 18.7. The molecular formula is C106H86Cl3F11I2O3S4+6. The Balaban J connectivity index is 0.000000154. The van der Waals surface area contributed by atoms with E-state index in [0.717, 1.165) is 57.0 Å². The maximum absolute atomic E-state index is 13.6. The number of aryl methyl sites for hydroxylation is 4. The first-order valence-corrected chi connectivity index (χ1v) is 50.1. The average Bonchev–Trinajstić information content (AvgIpc) is 0.754. The van der Waals surface area contributed by atoms with Gasteiger partial charge >= 0.3 is 60.9 Å². The molecule has 16 rings (SSSR count). The Kier molecular flexibility index (Phi) is 37.3. The summed E-state index contributed by atoms with van der Waals surface area (Å²) in [6, 6.07) is 123. The van der Waals surface area contributed by atoms with Crippen molar-refractivity contribution in [3.8, 4) is 11.5 Å². The first kappa shape index (κ1) is 99.6. The third kappa shape index (κ3) is 30.0. The highest BCUT2D eigenvalue weighted by molar-refractivity contribution is 7.98. The Morgan fingerprint density at radius 2 is 0.519 bits per heavy atom. The first-order valence-electron chi connectivity index (χ1n) is 39.7. The average molecular weight is 2110 g/mol. The van der Waals surface area contributed by atoms with Crippen molar-refractivity contribution in [2.75, 3.05) is 14.2 Å². The lowest BCUT2D eigenvalue weighted by Gasteiger charge is -2.18. The number of hydrogen-bond donors (Lipinski definition) is 1. The summed E-state index contributed by atoms with van der Waals surface area (Å²) in [5, 5.41) is 11.5. The number of methoxy groups -OCH3 is 2. The lowest BCUT2D eigenvalue weighted by atomic mass is 10.1. The molecule has 16 aromatic carbocycles. The summed E-state index contributed by atoms with van der Waals surface area (Å²) in [5.74, 6) is 1.25. The number of ether oxygens (including phenoxy) is 2. The largest absolute Gasteiger partial charge is 0.497 e. The van der Waals surface area contributed by atoms with Crippen LogP contribution >= 0.6 is 34.8 Å². The predicted molar refractivity (Wildman–Crippen MR) is 494 cm³/mol. The molecule has 0 saturated carbocycles. The van der Waals surface area contributed by atoms with E-state index in [1.807, 2.05) is 72.8 Å². The SMILES string of the molecule is COc1ccc([S+](c2ccc(CO)cc2)c2ccc(OC)cc2)cc1.Cc1cc([S+](c2cc(C(F)(F)F)cc(C(F)(F)F)c2)c2c(C)cc(C)cc2C)cc(C(F)(F)F)c1.Clc1ccc([S+](c2ccc(Cl)cc2)c2ccc(Cl)cc2)cc1.Fc1ccc([I+]c2ccc(F)cc2)cc1.c1ccc([I+]c2ccccc2)cc1.c1ccc([S+](c2ccccc2)c2ccccc2)cc1. The van der Waals surface area contributed by atoms with Crippen LogP contribution in [-0.4, -0.2) is 19.3 Å². The van der Waals surface area contributed by atoms with Gasteiger partial charge in [-0.1, -0.05) is 156 Å². The molecule has 3 nitrogen and oxygen atoms in total. The second-order valence-electron chi connectivity index (χ2n) is 28.3. The van der Waals surface area contributed by atoms with Crippen LogP contribution in [0, 0.1) is 53.6 Å². The van der Waals surface area contributed by atoms with Gasteiger partial charge in [-0.15, -0.1) is 0 Å². The molecule has 0 heterocycles. The van der Waals surface area contributed by atoms with E-state index in [1.54, 1.807) is 71.4 Å². The molecule has 0 aliphatic heterocycles.